The van der Waals surface area contributed by atoms with E-state index in [0.29, 0.717) is 23.6 Å². The van der Waals surface area contributed by atoms with Crippen molar-refractivity contribution < 1.29 is 19.4 Å². The summed E-state index contributed by atoms with van der Waals surface area (Å²) in [7, 11) is 0. The number of aliphatic carboxylic acids is 1. The standard InChI is InChI=1S/C20H19N3O4/c1-20(2,19(25)26)13-5-3-12(4-6-13)18(24)22-16-11-23-14-9-10-27-15(14)7-8-17(23)21-16/h3-8,11H,9-10H2,1-2H3,(H,22,24)(H,25,26). The number of carbonyl (C=O) groups excluding carboxylic acids is 1. The van der Waals surface area contributed by atoms with E-state index in [2.05, 4.69) is 10.3 Å². The molecule has 0 radical (unpaired) electrons. The highest BCUT2D eigenvalue weighted by Crippen LogP contribution is 2.27. The highest BCUT2D eigenvalue weighted by molar-refractivity contribution is 6.04. The van der Waals surface area contributed by atoms with E-state index in [-0.39, 0.29) is 5.91 Å². The number of aromatic nitrogens is 2. The van der Waals surface area contributed by atoms with Crippen LogP contribution < -0.4 is 10.1 Å². The molecule has 138 valence electrons. The molecule has 2 N–H and O–H groups in total. The second-order valence-corrected chi connectivity index (χ2v) is 7.06. The Morgan fingerprint density at radius 3 is 2.63 bits per heavy atom. The van der Waals surface area contributed by atoms with E-state index in [1.165, 1.54) is 0 Å². The van der Waals surface area contributed by atoms with E-state index in [1.807, 2.05) is 16.5 Å². The Bertz CT molecular complexity index is 1050. The zero-order valence-corrected chi connectivity index (χ0v) is 15.0. The number of hydrogen-bond acceptors (Lipinski definition) is 4. The van der Waals surface area contributed by atoms with Gasteiger partial charge in [-0.3, -0.25) is 14.0 Å². The van der Waals surface area contributed by atoms with Crippen molar-refractivity contribution in [2.45, 2.75) is 25.7 Å². The third-order valence-electron chi connectivity index (χ3n) is 4.93. The van der Waals surface area contributed by atoms with Crippen molar-refractivity contribution in [3.05, 3.63) is 59.4 Å². The number of carbonyl (C=O) groups is 2. The number of benzene rings is 1. The van der Waals surface area contributed by atoms with Crippen LogP contribution in [0, 0.1) is 0 Å². The first-order valence-corrected chi connectivity index (χ1v) is 8.65. The van der Waals surface area contributed by atoms with E-state index in [9.17, 15) is 14.7 Å². The number of fused-ring (bicyclic) bond motifs is 3. The molecule has 4 rings (SSSR count). The van der Waals surface area contributed by atoms with Crippen LogP contribution in [0.15, 0.2) is 42.6 Å². The number of carboxylic acid groups (broad SMARTS) is 1. The monoisotopic (exact) mass is 365 g/mol. The Morgan fingerprint density at radius 1 is 1.19 bits per heavy atom. The quantitative estimate of drug-likeness (QED) is 0.742. The first-order valence-electron chi connectivity index (χ1n) is 8.65. The highest BCUT2D eigenvalue weighted by atomic mass is 16.5. The molecule has 0 bridgehead atoms. The Balaban J connectivity index is 1.56. The first kappa shape index (κ1) is 17.1. The molecule has 1 aromatic carbocycles. The molecule has 0 spiro atoms. The minimum atomic E-state index is -1.01. The summed E-state index contributed by atoms with van der Waals surface area (Å²) in [6.45, 7) is 3.90. The molecule has 0 saturated heterocycles. The normalized spacial score (nSPS) is 13.3. The first-order chi connectivity index (χ1) is 12.9. The molecule has 3 aromatic rings. The van der Waals surface area contributed by atoms with Gasteiger partial charge in [-0.2, -0.15) is 0 Å². The van der Waals surface area contributed by atoms with Gasteiger partial charge in [-0.1, -0.05) is 12.1 Å². The van der Waals surface area contributed by atoms with Crippen LogP contribution in [0.3, 0.4) is 0 Å². The minimum absolute atomic E-state index is 0.300. The van der Waals surface area contributed by atoms with Gasteiger partial charge >= 0.3 is 5.97 Å². The average Bonchev–Trinajstić information content (AvgIpc) is 3.27. The number of carboxylic acids is 1. The third-order valence-corrected chi connectivity index (χ3v) is 4.93. The predicted molar refractivity (Wildman–Crippen MR) is 99.4 cm³/mol. The van der Waals surface area contributed by atoms with Crippen molar-refractivity contribution in [2.75, 3.05) is 11.9 Å². The molecule has 2 aromatic heterocycles. The molecule has 0 unspecified atom stereocenters. The second-order valence-electron chi connectivity index (χ2n) is 7.06. The molecule has 1 aliphatic heterocycles. The van der Waals surface area contributed by atoms with Crippen LogP contribution in [0.2, 0.25) is 0 Å². The maximum Gasteiger partial charge on any atom is 0.313 e. The van der Waals surface area contributed by atoms with Gasteiger partial charge in [0.15, 0.2) is 5.82 Å². The molecule has 0 fully saturated rings. The minimum Gasteiger partial charge on any atom is -0.491 e. The zero-order chi connectivity index (χ0) is 19.2. The van der Waals surface area contributed by atoms with Crippen LogP contribution in [0.5, 0.6) is 5.75 Å². The number of ether oxygens (including phenoxy) is 1. The highest BCUT2D eigenvalue weighted by Gasteiger charge is 2.29. The van der Waals surface area contributed by atoms with E-state index in [4.69, 9.17) is 4.74 Å². The molecule has 1 amide bonds. The topological polar surface area (TPSA) is 92.9 Å². The average molecular weight is 365 g/mol. The lowest BCUT2D eigenvalue weighted by molar-refractivity contribution is -0.142. The van der Waals surface area contributed by atoms with E-state index >= 15 is 0 Å². The third kappa shape index (κ3) is 2.91. The molecular formula is C20H19N3O4. The summed E-state index contributed by atoms with van der Waals surface area (Å²) >= 11 is 0. The van der Waals surface area contributed by atoms with Crippen molar-refractivity contribution in [1.29, 1.82) is 0 Å². The van der Waals surface area contributed by atoms with Crippen LogP contribution in [0.4, 0.5) is 5.82 Å². The SMILES string of the molecule is CC(C)(C(=O)O)c1ccc(C(=O)Nc2cn3c4c(ccc3n2)OCC4)cc1. The number of amides is 1. The molecule has 7 nitrogen and oxygen atoms in total. The molecule has 0 saturated carbocycles. The molecule has 0 aliphatic carbocycles. The Labute approximate surface area is 155 Å². The maximum absolute atomic E-state index is 12.5. The smallest absolute Gasteiger partial charge is 0.313 e. The number of nitrogens with zero attached hydrogens (tertiary/aromatic N) is 2. The number of nitrogens with one attached hydrogen (secondary N) is 1. The van der Waals surface area contributed by atoms with Crippen LogP contribution in [-0.4, -0.2) is 33.0 Å². The van der Waals surface area contributed by atoms with Crippen molar-refractivity contribution in [2.24, 2.45) is 0 Å². The lowest BCUT2D eigenvalue weighted by Crippen LogP contribution is -2.28. The van der Waals surface area contributed by atoms with Crippen LogP contribution in [0.1, 0.15) is 35.5 Å². The van der Waals surface area contributed by atoms with Crippen LogP contribution in [0.25, 0.3) is 5.65 Å². The van der Waals surface area contributed by atoms with Gasteiger partial charge in [0.05, 0.1) is 23.9 Å². The van der Waals surface area contributed by atoms with Crippen LogP contribution in [-0.2, 0) is 16.6 Å². The molecular weight excluding hydrogens is 346 g/mol. The number of hydrogen-bond donors (Lipinski definition) is 2. The van der Waals surface area contributed by atoms with Crippen molar-refractivity contribution >= 4 is 23.3 Å². The van der Waals surface area contributed by atoms with E-state index in [1.54, 1.807) is 44.3 Å². The van der Waals surface area contributed by atoms with Gasteiger partial charge in [0.25, 0.3) is 5.91 Å². The fraction of sp³-hybridized carbons (Fsp3) is 0.250. The lowest BCUT2D eigenvalue weighted by atomic mass is 9.84. The summed E-state index contributed by atoms with van der Waals surface area (Å²) in [6.07, 6.45) is 2.58. The molecule has 3 heterocycles. The van der Waals surface area contributed by atoms with Gasteiger partial charge < -0.3 is 15.2 Å². The summed E-state index contributed by atoms with van der Waals surface area (Å²) in [6, 6.07) is 10.3. The molecule has 7 heteroatoms. The van der Waals surface area contributed by atoms with Gasteiger partial charge in [-0.15, -0.1) is 0 Å². The van der Waals surface area contributed by atoms with Crippen LogP contribution >= 0.6 is 0 Å². The van der Waals surface area contributed by atoms with Gasteiger partial charge in [-0.05, 0) is 43.7 Å². The maximum atomic E-state index is 12.5. The molecule has 1 aliphatic rings. The Kier molecular flexibility index (Phi) is 3.87. The fourth-order valence-electron chi connectivity index (χ4n) is 3.14. The van der Waals surface area contributed by atoms with Gasteiger partial charge in [0.2, 0.25) is 0 Å². The fourth-order valence-corrected chi connectivity index (χ4v) is 3.14. The summed E-state index contributed by atoms with van der Waals surface area (Å²) in [5, 5.41) is 12.1. The lowest BCUT2D eigenvalue weighted by Gasteiger charge is -2.19. The summed E-state index contributed by atoms with van der Waals surface area (Å²) < 4.78 is 7.47. The molecule has 0 atom stereocenters. The van der Waals surface area contributed by atoms with Crippen molar-refractivity contribution in [1.82, 2.24) is 9.38 Å². The van der Waals surface area contributed by atoms with Gasteiger partial charge in [0, 0.05) is 12.0 Å². The van der Waals surface area contributed by atoms with Gasteiger partial charge in [0.1, 0.15) is 11.4 Å². The number of imidazole rings is 1. The molecule has 27 heavy (non-hydrogen) atoms. The number of pyridine rings is 1. The van der Waals surface area contributed by atoms with E-state index in [0.717, 1.165) is 23.5 Å². The van der Waals surface area contributed by atoms with E-state index < -0.39 is 11.4 Å². The van der Waals surface area contributed by atoms with Gasteiger partial charge in [-0.25, -0.2) is 4.98 Å². The Hall–Kier alpha value is -3.35. The largest absolute Gasteiger partial charge is 0.491 e. The summed E-state index contributed by atoms with van der Waals surface area (Å²) in [4.78, 5) is 28.3. The summed E-state index contributed by atoms with van der Waals surface area (Å²) in [5.41, 5.74) is 1.84. The van der Waals surface area contributed by atoms with Crippen molar-refractivity contribution in [3.63, 3.8) is 0 Å². The number of rotatable bonds is 4. The number of anilines is 1. The zero-order valence-electron chi connectivity index (χ0n) is 15.0. The predicted octanol–water partition coefficient (Wildman–Crippen LogP) is 2.88. The Morgan fingerprint density at radius 2 is 1.93 bits per heavy atom. The summed E-state index contributed by atoms with van der Waals surface area (Å²) in [5.74, 6) is 0.0801. The van der Waals surface area contributed by atoms with Crippen molar-refractivity contribution in [3.8, 4) is 5.75 Å². The second kappa shape index (κ2) is 6.12.